The summed E-state index contributed by atoms with van der Waals surface area (Å²) in [5, 5.41) is 9.12. The minimum atomic E-state index is -0.264. The SMILES string of the molecule is CC1CC(C)C(C)N(Cc2cc(F)ccc2C#N)C1. The van der Waals surface area contributed by atoms with Crippen molar-refractivity contribution in [3.05, 3.63) is 35.1 Å². The van der Waals surface area contributed by atoms with Crippen LogP contribution in [0.3, 0.4) is 0 Å². The number of piperidine rings is 1. The lowest BCUT2D eigenvalue weighted by molar-refractivity contribution is 0.0728. The van der Waals surface area contributed by atoms with Gasteiger partial charge >= 0.3 is 0 Å². The highest BCUT2D eigenvalue weighted by atomic mass is 19.1. The fraction of sp³-hybridized carbons (Fsp3) is 0.562. The highest BCUT2D eigenvalue weighted by Gasteiger charge is 2.29. The molecule has 0 aliphatic carbocycles. The van der Waals surface area contributed by atoms with Crippen molar-refractivity contribution in [1.29, 1.82) is 5.26 Å². The summed E-state index contributed by atoms with van der Waals surface area (Å²) in [6, 6.07) is 7.06. The number of benzene rings is 1. The quantitative estimate of drug-likeness (QED) is 0.813. The maximum Gasteiger partial charge on any atom is 0.123 e. The van der Waals surface area contributed by atoms with Crippen molar-refractivity contribution in [2.24, 2.45) is 11.8 Å². The summed E-state index contributed by atoms with van der Waals surface area (Å²) in [6.07, 6.45) is 1.24. The Balaban J connectivity index is 2.20. The number of rotatable bonds is 2. The van der Waals surface area contributed by atoms with Crippen LogP contribution >= 0.6 is 0 Å². The molecule has 0 bridgehead atoms. The smallest absolute Gasteiger partial charge is 0.123 e. The molecule has 102 valence electrons. The highest BCUT2D eigenvalue weighted by molar-refractivity contribution is 5.37. The molecule has 3 unspecified atom stereocenters. The number of nitriles is 1. The van der Waals surface area contributed by atoms with Gasteiger partial charge in [0, 0.05) is 19.1 Å². The van der Waals surface area contributed by atoms with Crippen LogP contribution in [0.25, 0.3) is 0 Å². The van der Waals surface area contributed by atoms with Crippen molar-refractivity contribution in [3.63, 3.8) is 0 Å². The molecule has 3 atom stereocenters. The van der Waals surface area contributed by atoms with Crippen molar-refractivity contribution in [1.82, 2.24) is 4.90 Å². The van der Waals surface area contributed by atoms with Gasteiger partial charge in [0.05, 0.1) is 11.6 Å². The Hall–Kier alpha value is -1.40. The molecular formula is C16H21FN2. The fourth-order valence-corrected chi connectivity index (χ4v) is 3.06. The molecule has 1 saturated heterocycles. The van der Waals surface area contributed by atoms with Crippen LogP contribution in [0.4, 0.5) is 4.39 Å². The molecular weight excluding hydrogens is 239 g/mol. The van der Waals surface area contributed by atoms with Crippen molar-refractivity contribution in [2.45, 2.75) is 39.8 Å². The average Bonchev–Trinajstić information content (AvgIpc) is 2.35. The van der Waals surface area contributed by atoms with Gasteiger partial charge < -0.3 is 0 Å². The van der Waals surface area contributed by atoms with Gasteiger partial charge in [0.25, 0.3) is 0 Å². The number of hydrogen-bond donors (Lipinski definition) is 0. The summed E-state index contributed by atoms with van der Waals surface area (Å²) in [4.78, 5) is 2.37. The van der Waals surface area contributed by atoms with Crippen LogP contribution in [0.15, 0.2) is 18.2 Å². The first kappa shape index (κ1) is 14.0. The van der Waals surface area contributed by atoms with E-state index in [-0.39, 0.29) is 5.82 Å². The minimum Gasteiger partial charge on any atom is -0.296 e. The summed E-state index contributed by atoms with van der Waals surface area (Å²) < 4.78 is 13.4. The summed E-state index contributed by atoms with van der Waals surface area (Å²) >= 11 is 0. The topological polar surface area (TPSA) is 27.0 Å². The second kappa shape index (κ2) is 5.71. The zero-order valence-electron chi connectivity index (χ0n) is 11.9. The van der Waals surface area contributed by atoms with Crippen LogP contribution in [-0.2, 0) is 6.54 Å². The van der Waals surface area contributed by atoms with Crippen molar-refractivity contribution >= 4 is 0 Å². The van der Waals surface area contributed by atoms with E-state index in [1.54, 1.807) is 6.07 Å². The van der Waals surface area contributed by atoms with Gasteiger partial charge in [0.2, 0.25) is 0 Å². The molecule has 19 heavy (non-hydrogen) atoms. The van der Waals surface area contributed by atoms with E-state index < -0.39 is 0 Å². The van der Waals surface area contributed by atoms with Crippen LogP contribution < -0.4 is 0 Å². The largest absolute Gasteiger partial charge is 0.296 e. The Morgan fingerprint density at radius 2 is 2.11 bits per heavy atom. The maximum atomic E-state index is 13.4. The van der Waals surface area contributed by atoms with Crippen molar-refractivity contribution in [3.8, 4) is 6.07 Å². The first-order valence-corrected chi connectivity index (χ1v) is 6.93. The molecule has 0 amide bonds. The summed E-state index contributed by atoms with van der Waals surface area (Å²) in [5.74, 6) is 1.04. The molecule has 0 radical (unpaired) electrons. The van der Waals surface area contributed by atoms with E-state index in [1.807, 2.05) is 0 Å². The molecule has 1 aliphatic rings. The molecule has 1 heterocycles. The number of hydrogen-bond acceptors (Lipinski definition) is 2. The second-order valence-corrected chi connectivity index (χ2v) is 5.90. The Bertz CT molecular complexity index is 492. The average molecular weight is 260 g/mol. The predicted octanol–water partition coefficient (Wildman–Crippen LogP) is 3.56. The van der Waals surface area contributed by atoms with Gasteiger partial charge in [0.15, 0.2) is 0 Å². The molecule has 2 nitrogen and oxygen atoms in total. The van der Waals surface area contributed by atoms with Crippen molar-refractivity contribution < 1.29 is 4.39 Å². The molecule has 1 aromatic rings. The molecule has 0 spiro atoms. The Morgan fingerprint density at radius 1 is 1.37 bits per heavy atom. The number of halogens is 1. The van der Waals surface area contributed by atoms with Gasteiger partial charge in [0.1, 0.15) is 5.82 Å². The maximum absolute atomic E-state index is 13.4. The normalized spacial score (nSPS) is 28.1. The van der Waals surface area contributed by atoms with Gasteiger partial charge in [-0.05, 0) is 48.9 Å². The zero-order valence-corrected chi connectivity index (χ0v) is 11.9. The summed E-state index contributed by atoms with van der Waals surface area (Å²) in [7, 11) is 0. The van der Waals surface area contributed by atoms with E-state index in [1.165, 1.54) is 18.6 Å². The van der Waals surface area contributed by atoms with Crippen LogP contribution in [0.5, 0.6) is 0 Å². The van der Waals surface area contributed by atoms with Crippen LogP contribution in [0.1, 0.15) is 38.3 Å². The Morgan fingerprint density at radius 3 is 2.79 bits per heavy atom. The van der Waals surface area contributed by atoms with Gasteiger partial charge in [-0.25, -0.2) is 4.39 Å². The summed E-state index contributed by atoms with van der Waals surface area (Å²) in [5.41, 5.74) is 1.38. The highest BCUT2D eigenvalue weighted by Crippen LogP contribution is 2.28. The van der Waals surface area contributed by atoms with Crippen LogP contribution in [0, 0.1) is 29.0 Å². The summed E-state index contributed by atoms with van der Waals surface area (Å²) in [6.45, 7) is 8.43. The zero-order chi connectivity index (χ0) is 14.0. The Kier molecular flexibility index (Phi) is 4.21. The van der Waals surface area contributed by atoms with E-state index >= 15 is 0 Å². The molecule has 0 aromatic heterocycles. The van der Waals surface area contributed by atoms with Crippen molar-refractivity contribution in [2.75, 3.05) is 6.54 Å². The van der Waals surface area contributed by atoms with Gasteiger partial charge in [-0.1, -0.05) is 13.8 Å². The van der Waals surface area contributed by atoms with E-state index in [4.69, 9.17) is 5.26 Å². The van der Waals surface area contributed by atoms with Gasteiger partial charge in [-0.3, -0.25) is 4.90 Å². The first-order valence-electron chi connectivity index (χ1n) is 6.93. The number of likely N-dealkylation sites (tertiary alicyclic amines) is 1. The molecule has 0 saturated carbocycles. The van der Waals surface area contributed by atoms with E-state index in [0.29, 0.717) is 30.0 Å². The van der Waals surface area contributed by atoms with E-state index in [9.17, 15) is 4.39 Å². The fourth-order valence-electron chi connectivity index (χ4n) is 3.06. The lowest BCUT2D eigenvalue weighted by atomic mass is 9.85. The number of nitrogens with zero attached hydrogens (tertiary/aromatic N) is 2. The molecule has 1 aromatic carbocycles. The lowest BCUT2D eigenvalue weighted by Crippen LogP contribution is -2.45. The van der Waals surface area contributed by atoms with Gasteiger partial charge in [-0.2, -0.15) is 5.26 Å². The van der Waals surface area contributed by atoms with E-state index in [0.717, 1.165) is 12.1 Å². The minimum absolute atomic E-state index is 0.264. The molecule has 0 N–H and O–H groups in total. The molecule has 1 aliphatic heterocycles. The third kappa shape index (κ3) is 3.13. The van der Waals surface area contributed by atoms with Gasteiger partial charge in [-0.15, -0.1) is 0 Å². The monoisotopic (exact) mass is 260 g/mol. The third-order valence-electron chi connectivity index (χ3n) is 4.28. The molecule has 3 heteroatoms. The molecule has 2 rings (SSSR count). The molecule has 1 fully saturated rings. The Labute approximate surface area is 114 Å². The third-order valence-corrected chi connectivity index (χ3v) is 4.28. The van der Waals surface area contributed by atoms with Crippen LogP contribution in [0.2, 0.25) is 0 Å². The first-order chi connectivity index (χ1) is 9.01. The standard InChI is InChI=1S/C16H21FN2/c1-11-6-12(2)13(3)19(9-11)10-15-7-16(17)5-4-14(15)8-18/h4-5,7,11-13H,6,9-10H2,1-3H3. The lowest BCUT2D eigenvalue weighted by Gasteiger charge is -2.41. The van der Waals surface area contributed by atoms with E-state index in [2.05, 4.69) is 31.7 Å². The second-order valence-electron chi connectivity index (χ2n) is 5.90. The predicted molar refractivity (Wildman–Crippen MR) is 73.9 cm³/mol. The van der Waals surface area contributed by atoms with Crippen LogP contribution in [-0.4, -0.2) is 17.5 Å².